The zero-order valence-corrected chi connectivity index (χ0v) is 20.5. The zero-order chi connectivity index (χ0) is 25.5. The van der Waals surface area contributed by atoms with Gasteiger partial charge in [0.1, 0.15) is 17.7 Å². The van der Waals surface area contributed by atoms with E-state index in [0.717, 1.165) is 19.4 Å². The van der Waals surface area contributed by atoms with Crippen molar-refractivity contribution in [3.05, 3.63) is 53.7 Å². The van der Waals surface area contributed by atoms with E-state index >= 15 is 0 Å². The van der Waals surface area contributed by atoms with Crippen LogP contribution in [0.3, 0.4) is 0 Å². The van der Waals surface area contributed by atoms with Crippen molar-refractivity contribution in [2.75, 3.05) is 31.6 Å². The molecule has 2 aromatic heterocycles. The van der Waals surface area contributed by atoms with Gasteiger partial charge in [0, 0.05) is 37.1 Å². The first-order valence-electron chi connectivity index (χ1n) is 12.7. The summed E-state index contributed by atoms with van der Waals surface area (Å²) >= 11 is 0. The predicted octanol–water partition coefficient (Wildman–Crippen LogP) is 2.89. The van der Waals surface area contributed by atoms with E-state index in [-0.39, 0.29) is 17.6 Å². The molecular weight excluding hydrogens is 480 g/mol. The maximum atomic E-state index is 14.9. The molecule has 1 amide bonds. The molecule has 0 bridgehead atoms. The van der Waals surface area contributed by atoms with Crippen molar-refractivity contribution < 1.29 is 18.3 Å². The normalized spacial score (nSPS) is 22.5. The number of ether oxygens (including phenoxy) is 1. The van der Waals surface area contributed by atoms with Crippen LogP contribution in [0.25, 0.3) is 16.9 Å². The molecule has 0 spiro atoms. The van der Waals surface area contributed by atoms with Gasteiger partial charge in [-0.25, -0.2) is 13.5 Å². The van der Waals surface area contributed by atoms with Crippen LogP contribution in [-0.2, 0) is 4.74 Å². The molecule has 2 aliphatic heterocycles. The summed E-state index contributed by atoms with van der Waals surface area (Å²) in [4.78, 5) is 19.0. The van der Waals surface area contributed by atoms with Gasteiger partial charge in [0.05, 0.1) is 48.4 Å². The Balaban J connectivity index is 1.17. The lowest BCUT2D eigenvalue weighted by Gasteiger charge is -2.43. The molecule has 11 heteroatoms. The number of carbonyl (C=O) groups is 1. The summed E-state index contributed by atoms with van der Waals surface area (Å²) in [5.41, 5.74) is 3.14. The molecule has 2 N–H and O–H groups in total. The minimum absolute atomic E-state index is 0.0194. The molecule has 3 aromatic rings. The van der Waals surface area contributed by atoms with Crippen molar-refractivity contribution in [3.8, 4) is 16.9 Å². The highest BCUT2D eigenvalue weighted by molar-refractivity contribution is 5.95. The van der Waals surface area contributed by atoms with Gasteiger partial charge in [-0.15, -0.1) is 5.10 Å². The van der Waals surface area contributed by atoms with E-state index in [9.17, 15) is 13.6 Å². The minimum atomic E-state index is -0.994. The summed E-state index contributed by atoms with van der Waals surface area (Å²) < 4.78 is 36.2. The number of halogens is 2. The molecule has 1 saturated carbocycles. The third kappa shape index (κ3) is 5.05. The maximum absolute atomic E-state index is 14.9. The molecule has 1 aliphatic carbocycles. The number of hydrogen-bond donors (Lipinski definition) is 2. The number of benzene rings is 1. The Morgan fingerprint density at radius 3 is 2.73 bits per heavy atom. The number of likely N-dealkylation sites (tertiary alicyclic amines) is 1. The number of anilines is 1. The molecule has 2 saturated heterocycles. The maximum Gasteiger partial charge on any atom is 0.254 e. The molecule has 9 nitrogen and oxygen atoms in total. The number of alkyl halides is 1. The monoisotopic (exact) mass is 509 g/mol. The summed E-state index contributed by atoms with van der Waals surface area (Å²) in [5, 5.41) is 14.6. The van der Waals surface area contributed by atoms with E-state index in [4.69, 9.17) is 4.74 Å². The highest BCUT2D eigenvalue weighted by Gasteiger charge is 2.35. The average Bonchev–Trinajstić information content (AvgIpc) is 3.52. The van der Waals surface area contributed by atoms with Crippen molar-refractivity contribution in [1.82, 2.24) is 30.2 Å². The summed E-state index contributed by atoms with van der Waals surface area (Å²) in [7, 11) is 0. The van der Waals surface area contributed by atoms with Crippen LogP contribution < -0.4 is 10.6 Å². The first-order chi connectivity index (χ1) is 17.9. The highest BCUT2D eigenvalue weighted by atomic mass is 19.1. The van der Waals surface area contributed by atoms with E-state index in [1.165, 1.54) is 16.8 Å². The predicted molar refractivity (Wildman–Crippen MR) is 133 cm³/mol. The standard InChI is InChI=1S/C26H29F2N7O2/c1-15-6-21(27)20(26(36)31-17-2-3-17)8-25(15)35-12-24(32-33-35)16-7-18(10-29-9-16)30-23-4-5-34(11-22(23)28)19-13-37-14-19/h6-10,12,17,19,22-23,30H,2-5,11,13-14H2,1H3,(H,31,36)/t22-,23+/m1/s1. The minimum Gasteiger partial charge on any atom is -0.378 e. The number of rotatable bonds is 7. The molecule has 3 fully saturated rings. The van der Waals surface area contributed by atoms with Gasteiger partial charge >= 0.3 is 0 Å². The van der Waals surface area contributed by atoms with Crippen molar-refractivity contribution in [2.24, 2.45) is 0 Å². The molecule has 1 aromatic carbocycles. The van der Waals surface area contributed by atoms with Gasteiger partial charge in [0.25, 0.3) is 5.91 Å². The van der Waals surface area contributed by atoms with Crippen LogP contribution >= 0.6 is 0 Å². The number of amides is 1. The van der Waals surface area contributed by atoms with E-state index in [1.54, 1.807) is 25.5 Å². The van der Waals surface area contributed by atoms with Gasteiger partial charge in [0.2, 0.25) is 0 Å². The fraction of sp³-hybridized carbons (Fsp3) is 0.462. The molecular formula is C26H29F2N7O2. The first-order valence-corrected chi connectivity index (χ1v) is 12.7. The van der Waals surface area contributed by atoms with E-state index in [0.29, 0.717) is 60.4 Å². The second-order valence-corrected chi connectivity index (χ2v) is 10.1. The third-order valence-corrected chi connectivity index (χ3v) is 7.28. The Morgan fingerprint density at radius 2 is 2.00 bits per heavy atom. The van der Waals surface area contributed by atoms with Crippen LogP contribution in [0.4, 0.5) is 14.5 Å². The molecule has 37 heavy (non-hydrogen) atoms. The van der Waals surface area contributed by atoms with Crippen molar-refractivity contribution in [1.29, 1.82) is 0 Å². The number of nitrogens with one attached hydrogen (secondary N) is 2. The van der Waals surface area contributed by atoms with Gasteiger partial charge in [-0.05, 0) is 49.9 Å². The SMILES string of the molecule is Cc1cc(F)c(C(=O)NC2CC2)cc1-n1cc(-c2cncc(N[C@H]3CCN(C4COC4)C[C@H]3F)c2)nn1. The molecule has 3 aliphatic rings. The third-order valence-electron chi connectivity index (χ3n) is 7.28. The number of carbonyl (C=O) groups excluding carboxylic acids is 1. The fourth-order valence-corrected chi connectivity index (χ4v) is 4.82. The van der Waals surface area contributed by atoms with E-state index in [1.807, 2.05) is 6.07 Å². The van der Waals surface area contributed by atoms with Crippen molar-refractivity contribution in [2.45, 2.75) is 50.5 Å². The summed E-state index contributed by atoms with van der Waals surface area (Å²) in [6.07, 6.45) is 6.58. The second kappa shape index (κ2) is 9.79. The summed E-state index contributed by atoms with van der Waals surface area (Å²) in [6.45, 7) is 4.34. The van der Waals surface area contributed by atoms with Gasteiger partial charge in [0.15, 0.2) is 0 Å². The number of hydrogen-bond acceptors (Lipinski definition) is 7. The Morgan fingerprint density at radius 1 is 1.16 bits per heavy atom. The lowest BCUT2D eigenvalue weighted by atomic mass is 10.00. The van der Waals surface area contributed by atoms with Crippen LogP contribution in [-0.4, -0.2) is 81.4 Å². The lowest BCUT2D eigenvalue weighted by molar-refractivity contribution is -0.0794. The fourth-order valence-electron chi connectivity index (χ4n) is 4.82. The Hall–Kier alpha value is -3.44. The van der Waals surface area contributed by atoms with Gasteiger partial charge < -0.3 is 15.4 Å². The quantitative estimate of drug-likeness (QED) is 0.506. The number of pyridine rings is 1. The number of aromatic nitrogens is 4. The Bertz CT molecular complexity index is 1310. The Labute approximate surface area is 213 Å². The van der Waals surface area contributed by atoms with Crippen LogP contribution in [0.2, 0.25) is 0 Å². The van der Waals surface area contributed by atoms with Crippen molar-refractivity contribution >= 4 is 11.6 Å². The van der Waals surface area contributed by atoms with Crippen LogP contribution in [0.1, 0.15) is 35.2 Å². The second-order valence-electron chi connectivity index (χ2n) is 10.1. The lowest BCUT2D eigenvalue weighted by Crippen LogP contribution is -2.57. The molecule has 6 rings (SSSR count). The van der Waals surface area contributed by atoms with Crippen LogP contribution in [0.15, 0.2) is 36.8 Å². The topological polar surface area (TPSA) is 97.2 Å². The average molecular weight is 510 g/mol. The molecule has 0 radical (unpaired) electrons. The number of nitrogens with zero attached hydrogens (tertiary/aromatic N) is 5. The highest BCUT2D eigenvalue weighted by Crippen LogP contribution is 2.27. The first kappa shape index (κ1) is 23.9. The van der Waals surface area contributed by atoms with Crippen LogP contribution in [0.5, 0.6) is 0 Å². The number of aryl methyl sites for hydroxylation is 1. The Kier molecular flexibility index (Phi) is 6.33. The van der Waals surface area contributed by atoms with Gasteiger partial charge in [-0.1, -0.05) is 5.21 Å². The van der Waals surface area contributed by atoms with Gasteiger partial charge in [-0.3, -0.25) is 14.7 Å². The summed E-state index contributed by atoms with van der Waals surface area (Å²) in [6, 6.07) is 4.86. The largest absolute Gasteiger partial charge is 0.378 e. The molecule has 2 atom stereocenters. The summed E-state index contributed by atoms with van der Waals surface area (Å²) in [5.74, 6) is -0.997. The van der Waals surface area contributed by atoms with E-state index < -0.39 is 17.9 Å². The number of piperidine rings is 1. The molecule has 0 unspecified atom stereocenters. The molecule has 194 valence electrons. The van der Waals surface area contributed by atoms with Crippen molar-refractivity contribution in [3.63, 3.8) is 0 Å². The van der Waals surface area contributed by atoms with Crippen LogP contribution in [0, 0.1) is 12.7 Å². The van der Waals surface area contributed by atoms with E-state index in [2.05, 4.69) is 30.8 Å². The smallest absolute Gasteiger partial charge is 0.254 e. The van der Waals surface area contributed by atoms with Gasteiger partial charge in [-0.2, -0.15) is 0 Å². The molecule has 4 heterocycles. The zero-order valence-electron chi connectivity index (χ0n) is 20.5.